The smallest absolute Gasteiger partial charge is 0.347 e. The Balaban J connectivity index is 1.51. The number of hydrogen-bond acceptors (Lipinski definition) is 5. The van der Waals surface area contributed by atoms with Crippen molar-refractivity contribution in [3.8, 4) is 0 Å². The number of ether oxygens (including phenoxy) is 2. The molecule has 0 aromatic carbocycles. The van der Waals surface area contributed by atoms with Crippen molar-refractivity contribution in [1.82, 2.24) is 0 Å². The van der Waals surface area contributed by atoms with Crippen molar-refractivity contribution in [2.45, 2.75) is 51.7 Å². The van der Waals surface area contributed by atoms with Gasteiger partial charge in [0.2, 0.25) is 6.10 Å². The van der Waals surface area contributed by atoms with Crippen LogP contribution in [-0.2, 0) is 19.1 Å². The lowest BCUT2D eigenvalue weighted by atomic mass is 9.73. The molecule has 2 aliphatic carbocycles. The van der Waals surface area contributed by atoms with Crippen LogP contribution in [0.5, 0.6) is 0 Å². The van der Waals surface area contributed by atoms with Crippen LogP contribution >= 0.6 is 0 Å². The lowest BCUT2D eigenvalue weighted by Gasteiger charge is -2.34. The van der Waals surface area contributed by atoms with Gasteiger partial charge in [0, 0.05) is 6.42 Å². The Hall–Kier alpha value is -1.10. The van der Waals surface area contributed by atoms with Crippen molar-refractivity contribution in [3.63, 3.8) is 0 Å². The summed E-state index contributed by atoms with van der Waals surface area (Å²) in [5.41, 5.74) is 0. The van der Waals surface area contributed by atoms with Crippen LogP contribution in [0.15, 0.2) is 0 Å². The van der Waals surface area contributed by atoms with Crippen molar-refractivity contribution in [2.75, 3.05) is 6.61 Å². The number of esters is 2. The third kappa shape index (κ3) is 2.68. The van der Waals surface area contributed by atoms with Crippen LogP contribution in [0.4, 0.5) is 0 Å². The first-order valence-electron chi connectivity index (χ1n) is 8.01. The highest BCUT2D eigenvalue weighted by atomic mass is 16.6. The van der Waals surface area contributed by atoms with Crippen molar-refractivity contribution >= 4 is 11.9 Å². The van der Waals surface area contributed by atoms with Crippen molar-refractivity contribution in [3.05, 3.63) is 0 Å². The van der Waals surface area contributed by atoms with E-state index in [-0.39, 0.29) is 12.3 Å². The highest BCUT2D eigenvalue weighted by molar-refractivity contribution is 5.80. The number of cyclic esters (lactones) is 1. The van der Waals surface area contributed by atoms with Crippen molar-refractivity contribution in [1.29, 1.82) is 0 Å². The number of carbonyl (C=O) groups excluding carboxylic acids is 2. The largest absolute Gasteiger partial charge is 0.463 e. The van der Waals surface area contributed by atoms with E-state index in [2.05, 4.69) is 13.8 Å². The summed E-state index contributed by atoms with van der Waals surface area (Å²) in [4.78, 5) is 23.1. The van der Waals surface area contributed by atoms with Gasteiger partial charge < -0.3 is 14.6 Å². The molecule has 2 saturated carbocycles. The molecule has 3 aliphatic rings. The molecule has 0 spiro atoms. The van der Waals surface area contributed by atoms with E-state index >= 15 is 0 Å². The lowest BCUT2D eigenvalue weighted by Crippen LogP contribution is -2.35. The van der Waals surface area contributed by atoms with Gasteiger partial charge in [-0.1, -0.05) is 13.8 Å². The summed E-state index contributed by atoms with van der Waals surface area (Å²) >= 11 is 0. The van der Waals surface area contributed by atoms with Gasteiger partial charge in [0.15, 0.2) is 0 Å². The molecule has 1 N–H and O–H groups in total. The van der Waals surface area contributed by atoms with Crippen LogP contribution in [0, 0.1) is 29.6 Å². The zero-order valence-corrected chi connectivity index (χ0v) is 12.7. The highest BCUT2D eigenvalue weighted by Crippen LogP contribution is 2.56. The molecule has 1 saturated heterocycles. The Morgan fingerprint density at radius 1 is 1.38 bits per heavy atom. The van der Waals surface area contributed by atoms with Crippen LogP contribution in [-0.4, -0.2) is 35.9 Å². The molecule has 5 heteroatoms. The average molecular weight is 296 g/mol. The van der Waals surface area contributed by atoms with Gasteiger partial charge in [-0.25, -0.2) is 4.79 Å². The number of hydrogen-bond donors (Lipinski definition) is 1. The molecule has 1 aliphatic heterocycles. The quantitative estimate of drug-likeness (QED) is 0.796. The molecule has 2 bridgehead atoms. The minimum absolute atomic E-state index is 0.0151. The van der Waals surface area contributed by atoms with Gasteiger partial charge in [0.1, 0.15) is 0 Å². The summed E-state index contributed by atoms with van der Waals surface area (Å²) in [5.74, 6) is 1.77. The summed E-state index contributed by atoms with van der Waals surface area (Å²) in [7, 11) is 0. The van der Waals surface area contributed by atoms with E-state index in [1.807, 2.05) is 0 Å². The molecule has 0 amide bonds. The first-order chi connectivity index (χ1) is 9.97. The zero-order chi connectivity index (χ0) is 15.1. The minimum atomic E-state index is -0.774. The fraction of sp³-hybridized carbons (Fsp3) is 0.875. The van der Waals surface area contributed by atoms with Gasteiger partial charge in [0.05, 0.1) is 19.1 Å². The summed E-state index contributed by atoms with van der Waals surface area (Å²) in [6.07, 6.45) is 1.16. The first kappa shape index (κ1) is 14.8. The Morgan fingerprint density at radius 3 is 2.71 bits per heavy atom. The maximum absolute atomic E-state index is 11.9. The predicted octanol–water partition coefficient (Wildman–Crippen LogP) is 1.52. The van der Waals surface area contributed by atoms with E-state index in [4.69, 9.17) is 9.47 Å². The fourth-order valence-corrected chi connectivity index (χ4v) is 4.55. The standard InChI is InChI=1S/C16H24O5/c1-8-9(2)11-5-10(8)6-12(11)13(17)7-15(18)21-14-3-4-20-16(14)19/h8-14,17H,3-7H2,1-2H3. The maximum atomic E-state index is 11.9. The minimum Gasteiger partial charge on any atom is -0.463 e. The van der Waals surface area contributed by atoms with Crippen LogP contribution in [0.2, 0.25) is 0 Å². The predicted molar refractivity (Wildman–Crippen MR) is 74.1 cm³/mol. The van der Waals surface area contributed by atoms with Crippen LogP contribution < -0.4 is 0 Å². The monoisotopic (exact) mass is 296 g/mol. The Bertz CT molecular complexity index is 432. The van der Waals surface area contributed by atoms with E-state index in [1.54, 1.807) is 0 Å². The molecule has 21 heavy (non-hydrogen) atoms. The van der Waals surface area contributed by atoms with Gasteiger partial charge in [-0.15, -0.1) is 0 Å². The van der Waals surface area contributed by atoms with Gasteiger partial charge in [-0.2, -0.15) is 0 Å². The molecule has 0 aromatic heterocycles. The van der Waals surface area contributed by atoms with Gasteiger partial charge in [-0.05, 0) is 42.4 Å². The zero-order valence-electron chi connectivity index (χ0n) is 12.7. The summed E-state index contributed by atoms with van der Waals surface area (Å²) in [6, 6.07) is 0. The van der Waals surface area contributed by atoms with Crippen molar-refractivity contribution in [2.24, 2.45) is 29.6 Å². The van der Waals surface area contributed by atoms with E-state index in [0.717, 1.165) is 12.3 Å². The molecular weight excluding hydrogens is 272 g/mol. The number of rotatable bonds is 4. The van der Waals surface area contributed by atoms with Gasteiger partial charge in [0.25, 0.3) is 0 Å². The topological polar surface area (TPSA) is 72.8 Å². The fourth-order valence-electron chi connectivity index (χ4n) is 4.55. The second kappa shape index (κ2) is 5.59. The first-order valence-corrected chi connectivity index (χ1v) is 8.01. The molecular formula is C16H24O5. The van der Waals surface area contributed by atoms with E-state index in [9.17, 15) is 14.7 Å². The third-order valence-corrected chi connectivity index (χ3v) is 5.98. The Kier molecular flexibility index (Phi) is 3.95. The highest BCUT2D eigenvalue weighted by Gasteiger charge is 2.50. The normalized spacial score (nSPS) is 42.9. The van der Waals surface area contributed by atoms with E-state index in [0.29, 0.717) is 30.8 Å². The molecule has 0 aromatic rings. The molecule has 1 heterocycles. The molecule has 5 nitrogen and oxygen atoms in total. The number of carbonyl (C=O) groups is 2. The molecule has 7 atom stereocenters. The summed E-state index contributed by atoms with van der Waals surface area (Å²) < 4.78 is 9.87. The number of aliphatic hydroxyl groups is 1. The molecule has 3 rings (SSSR count). The number of aliphatic hydroxyl groups excluding tert-OH is 1. The molecule has 3 fully saturated rings. The average Bonchev–Trinajstić information content (AvgIpc) is 3.09. The van der Waals surface area contributed by atoms with Crippen LogP contribution in [0.1, 0.15) is 39.5 Å². The van der Waals surface area contributed by atoms with E-state index in [1.165, 1.54) is 6.42 Å². The van der Waals surface area contributed by atoms with Crippen LogP contribution in [0.3, 0.4) is 0 Å². The SMILES string of the molecule is CC1C2CC(C(O)CC(=O)OC3CCOC3=O)C(C2)C1C. The van der Waals surface area contributed by atoms with Gasteiger partial charge >= 0.3 is 11.9 Å². The molecule has 118 valence electrons. The summed E-state index contributed by atoms with van der Waals surface area (Å²) in [5, 5.41) is 10.4. The second-order valence-electron chi connectivity index (χ2n) is 6.98. The third-order valence-electron chi connectivity index (χ3n) is 5.98. The summed E-state index contributed by atoms with van der Waals surface area (Å²) in [6.45, 7) is 4.85. The van der Waals surface area contributed by atoms with Gasteiger partial charge in [-0.3, -0.25) is 4.79 Å². The van der Waals surface area contributed by atoms with E-state index < -0.39 is 24.1 Å². The molecule has 7 unspecified atom stereocenters. The lowest BCUT2D eigenvalue weighted by molar-refractivity contribution is -0.162. The van der Waals surface area contributed by atoms with Crippen molar-refractivity contribution < 1.29 is 24.2 Å². The Morgan fingerprint density at radius 2 is 2.14 bits per heavy atom. The molecule has 0 radical (unpaired) electrons. The maximum Gasteiger partial charge on any atom is 0.347 e. The second-order valence-corrected chi connectivity index (χ2v) is 6.98. The Labute approximate surface area is 125 Å². The van der Waals surface area contributed by atoms with Crippen LogP contribution in [0.25, 0.3) is 0 Å². The number of fused-ring (bicyclic) bond motifs is 2.